The van der Waals surface area contributed by atoms with Crippen molar-refractivity contribution in [1.29, 1.82) is 0 Å². The van der Waals surface area contributed by atoms with E-state index in [9.17, 15) is 0 Å². The average Bonchev–Trinajstić information content (AvgIpc) is 3.04. The highest BCUT2D eigenvalue weighted by Gasteiger charge is 2.36. The molecule has 106 valence electrons. The molecule has 1 spiro atoms. The zero-order chi connectivity index (χ0) is 13.1. The topological polar surface area (TPSA) is 47.1 Å². The van der Waals surface area contributed by atoms with Gasteiger partial charge in [-0.2, -0.15) is 0 Å². The third-order valence-corrected chi connectivity index (χ3v) is 5.04. The number of rotatable bonds is 4. The fourth-order valence-corrected chi connectivity index (χ4v) is 3.80. The van der Waals surface area contributed by atoms with Gasteiger partial charge in [-0.1, -0.05) is 12.8 Å². The summed E-state index contributed by atoms with van der Waals surface area (Å²) in [5, 5.41) is 0. The highest BCUT2D eigenvalue weighted by molar-refractivity contribution is 4.98. The van der Waals surface area contributed by atoms with Crippen molar-refractivity contribution in [3.63, 3.8) is 0 Å². The lowest BCUT2D eigenvalue weighted by Gasteiger charge is -2.39. The minimum atomic E-state index is 0.683. The fourth-order valence-electron chi connectivity index (χ4n) is 3.80. The Hall–Kier alpha value is -0.870. The van der Waals surface area contributed by atoms with Crippen LogP contribution in [0.15, 0.2) is 12.5 Å². The first-order chi connectivity index (χ1) is 9.30. The van der Waals surface area contributed by atoms with E-state index < -0.39 is 0 Å². The standard InChI is InChI=1S/C15H26N4/c16-7-10-19-12-14(17-13-19)11-18-8-5-15(6-9-18)3-1-2-4-15/h12-13H,1-11,16H2. The van der Waals surface area contributed by atoms with Crippen molar-refractivity contribution in [3.05, 3.63) is 18.2 Å². The van der Waals surface area contributed by atoms with Crippen LogP contribution >= 0.6 is 0 Å². The van der Waals surface area contributed by atoms with Crippen molar-refractivity contribution in [2.45, 2.75) is 51.6 Å². The molecule has 3 rings (SSSR count). The zero-order valence-electron chi connectivity index (χ0n) is 11.9. The molecule has 2 aliphatic rings. The maximum absolute atomic E-state index is 5.56. The minimum Gasteiger partial charge on any atom is -0.336 e. The number of nitrogens with two attached hydrogens (primary N) is 1. The molecule has 19 heavy (non-hydrogen) atoms. The van der Waals surface area contributed by atoms with Crippen molar-refractivity contribution >= 4 is 0 Å². The van der Waals surface area contributed by atoms with E-state index in [1.165, 1.54) is 57.3 Å². The molecule has 0 amide bonds. The van der Waals surface area contributed by atoms with Crippen molar-refractivity contribution in [1.82, 2.24) is 14.5 Å². The van der Waals surface area contributed by atoms with E-state index in [1.54, 1.807) is 0 Å². The summed E-state index contributed by atoms with van der Waals surface area (Å²) in [5.41, 5.74) is 7.47. The van der Waals surface area contributed by atoms with E-state index in [0.717, 1.165) is 18.5 Å². The van der Waals surface area contributed by atoms with E-state index >= 15 is 0 Å². The molecule has 1 aliphatic carbocycles. The van der Waals surface area contributed by atoms with Gasteiger partial charge in [0.2, 0.25) is 0 Å². The minimum absolute atomic E-state index is 0.683. The largest absolute Gasteiger partial charge is 0.336 e. The van der Waals surface area contributed by atoms with Gasteiger partial charge in [0.15, 0.2) is 0 Å². The first-order valence-corrected chi connectivity index (χ1v) is 7.73. The van der Waals surface area contributed by atoms with Gasteiger partial charge in [0, 0.05) is 25.8 Å². The van der Waals surface area contributed by atoms with Gasteiger partial charge < -0.3 is 10.3 Å². The highest BCUT2D eigenvalue weighted by Crippen LogP contribution is 2.46. The molecule has 0 bridgehead atoms. The molecule has 0 atom stereocenters. The second kappa shape index (κ2) is 5.63. The van der Waals surface area contributed by atoms with Crippen LogP contribution < -0.4 is 5.73 Å². The summed E-state index contributed by atoms with van der Waals surface area (Å²) in [7, 11) is 0. The number of hydrogen-bond donors (Lipinski definition) is 1. The maximum Gasteiger partial charge on any atom is 0.0950 e. The first kappa shape index (κ1) is 13.1. The van der Waals surface area contributed by atoms with Gasteiger partial charge in [0.1, 0.15) is 0 Å². The van der Waals surface area contributed by atoms with Gasteiger partial charge in [-0.25, -0.2) is 4.98 Å². The van der Waals surface area contributed by atoms with Crippen LogP contribution in [-0.2, 0) is 13.1 Å². The second-order valence-electron chi connectivity index (χ2n) is 6.37. The molecule has 1 saturated heterocycles. The van der Waals surface area contributed by atoms with Crippen LogP contribution in [0.3, 0.4) is 0 Å². The van der Waals surface area contributed by atoms with Crippen LogP contribution in [0.5, 0.6) is 0 Å². The first-order valence-electron chi connectivity index (χ1n) is 7.73. The van der Waals surface area contributed by atoms with Gasteiger partial charge in [-0.15, -0.1) is 0 Å². The van der Waals surface area contributed by atoms with Gasteiger partial charge in [-0.05, 0) is 44.2 Å². The van der Waals surface area contributed by atoms with Gasteiger partial charge in [0.05, 0.1) is 12.0 Å². The van der Waals surface area contributed by atoms with Gasteiger partial charge in [-0.3, -0.25) is 4.90 Å². The highest BCUT2D eigenvalue weighted by atomic mass is 15.2. The Labute approximate surface area is 116 Å². The molecule has 1 aromatic rings. The van der Waals surface area contributed by atoms with Crippen molar-refractivity contribution in [2.75, 3.05) is 19.6 Å². The Kier molecular flexibility index (Phi) is 3.89. The molecule has 1 saturated carbocycles. The SMILES string of the molecule is NCCn1cnc(CN2CCC3(CCCC3)CC2)c1. The molecule has 0 radical (unpaired) electrons. The summed E-state index contributed by atoms with van der Waals surface area (Å²) in [5.74, 6) is 0. The Bertz CT molecular complexity index is 396. The van der Waals surface area contributed by atoms with Gasteiger partial charge in [0.25, 0.3) is 0 Å². The van der Waals surface area contributed by atoms with E-state index in [0.29, 0.717) is 6.54 Å². The normalized spacial score (nSPS) is 23.2. The van der Waals surface area contributed by atoms with Crippen molar-refractivity contribution < 1.29 is 0 Å². The summed E-state index contributed by atoms with van der Waals surface area (Å²) in [6, 6.07) is 0. The number of nitrogens with zero attached hydrogens (tertiary/aromatic N) is 3. The molecule has 4 nitrogen and oxygen atoms in total. The smallest absolute Gasteiger partial charge is 0.0950 e. The number of imidazole rings is 1. The predicted molar refractivity (Wildman–Crippen MR) is 76.7 cm³/mol. The molecule has 2 fully saturated rings. The third kappa shape index (κ3) is 3.00. The summed E-state index contributed by atoms with van der Waals surface area (Å²) in [4.78, 5) is 7.05. The molecule has 4 heteroatoms. The Morgan fingerprint density at radius 3 is 2.58 bits per heavy atom. The van der Waals surface area contributed by atoms with E-state index in [1.807, 2.05) is 6.33 Å². The number of aromatic nitrogens is 2. The van der Waals surface area contributed by atoms with Crippen LogP contribution in [-0.4, -0.2) is 34.1 Å². The molecule has 2 heterocycles. The molecule has 1 aromatic heterocycles. The summed E-state index contributed by atoms with van der Waals surface area (Å²) in [6.45, 7) is 5.07. The lowest BCUT2D eigenvalue weighted by molar-refractivity contribution is 0.103. The Morgan fingerprint density at radius 2 is 1.89 bits per heavy atom. The average molecular weight is 262 g/mol. The van der Waals surface area contributed by atoms with Gasteiger partial charge >= 0.3 is 0 Å². The third-order valence-electron chi connectivity index (χ3n) is 5.04. The Balaban J connectivity index is 1.51. The van der Waals surface area contributed by atoms with Crippen LogP contribution in [0.4, 0.5) is 0 Å². The monoisotopic (exact) mass is 262 g/mol. The zero-order valence-corrected chi connectivity index (χ0v) is 11.9. The van der Waals surface area contributed by atoms with Crippen molar-refractivity contribution in [3.8, 4) is 0 Å². The van der Waals surface area contributed by atoms with Crippen molar-refractivity contribution in [2.24, 2.45) is 11.1 Å². The maximum atomic E-state index is 5.56. The van der Waals surface area contributed by atoms with Crippen LogP contribution in [0.25, 0.3) is 0 Å². The predicted octanol–water partition coefficient (Wildman–Crippen LogP) is 2.00. The molecule has 1 aliphatic heterocycles. The molecule has 2 N–H and O–H groups in total. The summed E-state index contributed by atoms with van der Waals surface area (Å²) >= 11 is 0. The van der Waals surface area contributed by atoms with E-state index in [4.69, 9.17) is 5.73 Å². The Morgan fingerprint density at radius 1 is 1.16 bits per heavy atom. The van der Waals surface area contributed by atoms with Crippen LogP contribution in [0, 0.1) is 5.41 Å². The number of hydrogen-bond acceptors (Lipinski definition) is 3. The summed E-state index contributed by atoms with van der Waals surface area (Å²) < 4.78 is 2.09. The molecular weight excluding hydrogens is 236 g/mol. The fraction of sp³-hybridized carbons (Fsp3) is 0.800. The lowest BCUT2D eigenvalue weighted by atomic mass is 9.77. The van der Waals surface area contributed by atoms with E-state index in [-0.39, 0.29) is 0 Å². The number of piperidine rings is 1. The molecule has 0 aromatic carbocycles. The lowest BCUT2D eigenvalue weighted by Crippen LogP contribution is -2.38. The second-order valence-corrected chi connectivity index (χ2v) is 6.37. The summed E-state index contributed by atoms with van der Waals surface area (Å²) in [6.07, 6.45) is 12.7. The van der Waals surface area contributed by atoms with E-state index in [2.05, 4.69) is 20.6 Å². The quantitative estimate of drug-likeness (QED) is 0.903. The number of likely N-dealkylation sites (tertiary alicyclic amines) is 1. The molecular formula is C15H26N4. The van der Waals surface area contributed by atoms with Crippen LogP contribution in [0.2, 0.25) is 0 Å². The molecule has 0 unspecified atom stereocenters. The van der Waals surface area contributed by atoms with Crippen LogP contribution in [0.1, 0.15) is 44.2 Å².